The molecule has 0 fully saturated rings. The predicted octanol–water partition coefficient (Wildman–Crippen LogP) is 4.57. The molecular formula is C25H27N3O3. The summed E-state index contributed by atoms with van der Waals surface area (Å²) in [5, 5.41) is 4.01. The molecule has 3 aromatic rings. The van der Waals surface area contributed by atoms with Crippen LogP contribution in [0.25, 0.3) is 16.5 Å². The second-order valence-electron chi connectivity index (χ2n) is 8.34. The van der Waals surface area contributed by atoms with Crippen LogP contribution >= 0.6 is 0 Å². The van der Waals surface area contributed by atoms with Crippen molar-refractivity contribution >= 4 is 28.5 Å². The monoisotopic (exact) mass is 417 g/mol. The van der Waals surface area contributed by atoms with Crippen LogP contribution in [0.15, 0.2) is 60.8 Å². The van der Waals surface area contributed by atoms with Gasteiger partial charge in [-0.05, 0) is 24.1 Å². The number of esters is 1. The molecular weight excluding hydrogens is 390 g/mol. The maximum Gasteiger partial charge on any atom is 0.341 e. The highest BCUT2D eigenvalue weighted by molar-refractivity contribution is 6.18. The van der Waals surface area contributed by atoms with Gasteiger partial charge in [0.25, 0.3) is 0 Å². The third-order valence-corrected chi connectivity index (χ3v) is 5.55. The maximum atomic E-state index is 13.1. The van der Waals surface area contributed by atoms with Gasteiger partial charge in [0.1, 0.15) is 0 Å². The lowest BCUT2D eigenvalue weighted by atomic mass is 9.82. The van der Waals surface area contributed by atoms with E-state index in [9.17, 15) is 9.59 Å². The van der Waals surface area contributed by atoms with Crippen LogP contribution in [-0.2, 0) is 21.5 Å². The third kappa shape index (κ3) is 4.06. The molecule has 160 valence electrons. The molecule has 6 nitrogen and oxygen atoms in total. The Morgan fingerprint density at radius 1 is 1.10 bits per heavy atom. The fraction of sp³-hybridized carbons (Fsp3) is 0.280. The van der Waals surface area contributed by atoms with E-state index in [0.717, 1.165) is 22.0 Å². The third-order valence-electron chi connectivity index (χ3n) is 5.55. The number of hydrogen-bond acceptors (Lipinski definition) is 3. The highest BCUT2D eigenvalue weighted by atomic mass is 16.5. The van der Waals surface area contributed by atoms with E-state index < -0.39 is 11.4 Å². The van der Waals surface area contributed by atoms with Crippen molar-refractivity contribution in [1.82, 2.24) is 15.2 Å². The van der Waals surface area contributed by atoms with E-state index >= 15 is 0 Å². The summed E-state index contributed by atoms with van der Waals surface area (Å²) in [5.41, 5.74) is 3.65. The quantitative estimate of drug-likeness (QED) is 0.611. The van der Waals surface area contributed by atoms with Crippen molar-refractivity contribution in [2.75, 3.05) is 13.2 Å². The van der Waals surface area contributed by atoms with E-state index in [-0.39, 0.29) is 12.6 Å². The van der Waals surface area contributed by atoms with E-state index in [1.165, 1.54) is 0 Å². The average molecular weight is 418 g/mol. The molecule has 0 atom stereocenters. The molecule has 0 spiro atoms. The minimum absolute atomic E-state index is 0.256. The number of nitrogens with one attached hydrogen (secondary N) is 2. The number of H-pyrrole nitrogens is 1. The lowest BCUT2D eigenvalue weighted by Gasteiger charge is -2.29. The van der Waals surface area contributed by atoms with E-state index in [4.69, 9.17) is 4.74 Å². The van der Waals surface area contributed by atoms with E-state index in [2.05, 4.69) is 24.1 Å². The number of carbonyl (C=O) groups is 2. The number of fused-ring (bicyclic) bond motifs is 3. The van der Waals surface area contributed by atoms with Crippen LogP contribution in [0.4, 0.5) is 4.79 Å². The van der Waals surface area contributed by atoms with Crippen LogP contribution in [0.1, 0.15) is 37.6 Å². The predicted molar refractivity (Wildman–Crippen MR) is 121 cm³/mol. The highest BCUT2D eigenvalue weighted by Crippen LogP contribution is 2.40. The summed E-state index contributed by atoms with van der Waals surface area (Å²) in [7, 11) is 0. The first-order valence-corrected chi connectivity index (χ1v) is 10.5. The first-order valence-electron chi connectivity index (χ1n) is 10.5. The van der Waals surface area contributed by atoms with Crippen molar-refractivity contribution in [3.63, 3.8) is 0 Å². The van der Waals surface area contributed by atoms with Gasteiger partial charge in [0.2, 0.25) is 0 Å². The molecule has 2 heterocycles. The number of nitrogens with zero attached hydrogens (tertiary/aromatic N) is 1. The van der Waals surface area contributed by atoms with Crippen LogP contribution in [0, 0.1) is 0 Å². The molecule has 1 aliphatic rings. The molecule has 0 unspecified atom stereocenters. The molecule has 1 aliphatic heterocycles. The number of benzene rings is 2. The summed E-state index contributed by atoms with van der Waals surface area (Å²) in [6.45, 7) is 7.04. The van der Waals surface area contributed by atoms with Gasteiger partial charge in [-0.25, -0.2) is 9.59 Å². The Morgan fingerprint density at radius 2 is 1.81 bits per heavy atom. The van der Waals surface area contributed by atoms with Gasteiger partial charge in [-0.3, -0.25) is 4.90 Å². The molecule has 0 radical (unpaired) electrons. The van der Waals surface area contributed by atoms with Gasteiger partial charge in [-0.15, -0.1) is 0 Å². The van der Waals surface area contributed by atoms with Crippen LogP contribution < -0.4 is 5.32 Å². The second-order valence-corrected chi connectivity index (χ2v) is 8.34. The van der Waals surface area contributed by atoms with Crippen LogP contribution in [0.2, 0.25) is 0 Å². The number of hydrogen-bond donors (Lipinski definition) is 2. The van der Waals surface area contributed by atoms with Gasteiger partial charge < -0.3 is 15.0 Å². The van der Waals surface area contributed by atoms with Crippen molar-refractivity contribution < 1.29 is 14.3 Å². The minimum atomic E-state index is -0.450. The zero-order valence-electron chi connectivity index (χ0n) is 18.1. The smallest absolute Gasteiger partial charge is 0.341 e. The fourth-order valence-electron chi connectivity index (χ4n) is 4.19. The van der Waals surface area contributed by atoms with E-state index in [1.807, 2.05) is 54.6 Å². The van der Waals surface area contributed by atoms with Gasteiger partial charge in [0, 0.05) is 35.6 Å². The number of aromatic nitrogens is 1. The Morgan fingerprint density at radius 3 is 2.55 bits per heavy atom. The van der Waals surface area contributed by atoms with Crippen LogP contribution in [0.5, 0.6) is 0 Å². The number of urea groups is 1. The van der Waals surface area contributed by atoms with Crippen LogP contribution in [-0.4, -0.2) is 35.0 Å². The van der Waals surface area contributed by atoms with Crippen molar-refractivity contribution in [3.05, 3.63) is 77.6 Å². The summed E-state index contributed by atoms with van der Waals surface area (Å²) in [4.78, 5) is 30.9. The van der Waals surface area contributed by atoms with Gasteiger partial charge in [-0.2, -0.15) is 0 Å². The molecule has 6 heteroatoms. The molecule has 2 amide bonds. The number of rotatable bonds is 4. The van der Waals surface area contributed by atoms with Gasteiger partial charge >= 0.3 is 12.0 Å². The molecule has 1 aromatic heterocycles. The lowest BCUT2D eigenvalue weighted by Crippen LogP contribution is -2.42. The zero-order valence-corrected chi connectivity index (χ0v) is 18.1. The summed E-state index contributed by atoms with van der Waals surface area (Å²) >= 11 is 0. The Kier molecular flexibility index (Phi) is 5.55. The van der Waals surface area contributed by atoms with Crippen LogP contribution in [0.3, 0.4) is 0 Å². The molecule has 2 N–H and O–H groups in total. The SMILES string of the molecule is CCOC(=O)C1=CN(C(=O)NCc2ccccc2)CC(C)(C)c2c1[nH]c1ccccc21. The van der Waals surface area contributed by atoms with Crippen molar-refractivity contribution in [2.45, 2.75) is 32.7 Å². The molecule has 2 aromatic carbocycles. The van der Waals surface area contributed by atoms with Gasteiger partial charge in [0.15, 0.2) is 0 Å². The number of ether oxygens (including phenoxy) is 1. The summed E-state index contributed by atoms with van der Waals surface area (Å²) < 4.78 is 5.33. The zero-order chi connectivity index (χ0) is 22.0. The molecule has 0 bridgehead atoms. The second kappa shape index (κ2) is 8.30. The molecule has 0 saturated heterocycles. The Labute approximate surface area is 181 Å². The van der Waals surface area contributed by atoms with Crippen molar-refractivity contribution in [3.8, 4) is 0 Å². The molecule has 0 aliphatic carbocycles. The van der Waals surface area contributed by atoms with Crippen molar-refractivity contribution in [2.24, 2.45) is 0 Å². The van der Waals surface area contributed by atoms with Crippen molar-refractivity contribution in [1.29, 1.82) is 0 Å². The standard InChI is InChI=1S/C25H27N3O3/c1-4-31-23(29)19-15-28(24(30)26-14-17-10-6-5-7-11-17)16-25(2,3)21-18-12-8-9-13-20(18)27-22(19)21/h5-13,15,27H,4,14,16H2,1-3H3,(H,26,30). The number of amides is 2. The molecule has 4 rings (SSSR count). The average Bonchev–Trinajstić information content (AvgIpc) is 3.10. The number of aromatic amines is 1. The Balaban J connectivity index is 1.73. The first kappa shape index (κ1) is 20.7. The Hall–Kier alpha value is -3.54. The maximum absolute atomic E-state index is 13.1. The molecule has 31 heavy (non-hydrogen) atoms. The first-order chi connectivity index (χ1) is 14.9. The van der Waals surface area contributed by atoms with Gasteiger partial charge in [0.05, 0.1) is 17.9 Å². The van der Waals surface area contributed by atoms with Gasteiger partial charge in [-0.1, -0.05) is 62.4 Å². The summed E-state index contributed by atoms with van der Waals surface area (Å²) in [6, 6.07) is 17.5. The fourth-order valence-corrected chi connectivity index (χ4v) is 4.19. The van der Waals surface area contributed by atoms with E-state index in [0.29, 0.717) is 24.4 Å². The van der Waals surface area contributed by atoms with E-state index in [1.54, 1.807) is 18.0 Å². The lowest BCUT2D eigenvalue weighted by molar-refractivity contribution is -0.136. The highest BCUT2D eigenvalue weighted by Gasteiger charge is 2.37. The number of carbonyl (C=O) groups excluding carboxylic acids is 2. The summed E-state index contributed by atoms with van der Waals surface area (Å²) in [6.07, 6.45) is 1.61. The summed E-state index contributed by atoms with van der Waals surface area (Å²) in [5.74, 6) is -0.450. The Bertz CT molecular complexity index is 1150. The topological polar surface area (TPSA) is 74.4 Å². The number of para-hydroxylation sites is 1. The normalized spacial score (nSPS) is 15.1. The minimum Gasteiger partial charge on any atom is -0.462 e. The largest absolute Gasteiger partial charge is 0.462 e. The molecule has 0 saturated carbocycles.